The van der Waals surface area contributed by atoms with E-state index in [1.165, 1.54) is 17.0 Å². The molecule has 15 N–H and O–H groups in total. The minimum Gasteiger partial charge on any atom is -0.508 e. The highest BCUT2D eigenvalue weighted by Crippen LogP contribution is 2.22. The van der Waals surface area contributed by atoms with Crippen LogP contribution in [0.4, 0.5) is 0 Å². The number of phenolic OH excluding ortho intramolecular Hbond substituents is 1. The average molecular weight is 850 g/mol. The molecule has 0 radical (unpaired) electrons. The van der Waals surface area contributed by atoms with Gasteiger partial charge in [0.25, 0.3) is 0 Å². The molecule has 0 unspecified atom stereocenters. The van der Waals surface area contributed by atoms with E-state index in [1.807, 2.05) is 13.0 Å². The van der Waals surface area contributed by atoms with Crippen molar-refractivity contribution < 1.29 is 39.0 Å². The molecule has 1 saturated heterocycles. The number of phenols is 1. The summed E-state index contributed by atoms with van der Waals surface area (Å²) in [5.41, 5.74) is 29.2. The van der Waals surface area contributed by atoms with Crippen molar-refractivity contribution in [3.63, 3.8) is 0 Å². The molecule has 3 rings (SSSR count). The predicted molar refractivity (Wildman–Crippen MR) is 230 cm³/mol. The quantitative estimate of drug-likeness (QED) is 0.0351. The largest absolute Gasteiger partial charge is 0.508 e. The Hall–Kier alpha value is -6.24. The highest BCUT2D eigenvalue weighted by atomic mass is 16.4. The van der Waals surface area contributed by atoms with Crippen molar-refractivity contribution >= 4 is 47.3 Å². The number of carbonyl (C=O) groups excluding carboxylic acids is 5. The zero-order valence-corrected chi connectivity index (χ0v) is 35.0. The van der Waals surface area contributed by atoms with Crippen LogP contribution in [0.15, 0.2) is 64.6 Å². The van der Waals surface area contributed by atoms with E-state index >= 15 is 0 Å². The van der Waals surface area contributed by atoms with E-state index in [-0.39, 0.29) is 81.7 Å². The topological polar surface area (TPSA) is 337 Å². The molecule has 2 aromatic carbocycles. The fourth-order valence-corrected chi connectivity index (χ4v) is 7.08. The van der Waals surface area contributed by atoms with Gasteiger partial charge in [-0.2, -0.15) is 0 Å². The summed E-state index contributed by atoms with van der Waals surface area (Å²) in [6, 6.07) is 9.59. The number of rotatable bonds is 25. The summed E-state index contributed by atoms with van der Waals surface area (Å²) in [6.07, 6.45) is 2.01. The second-order valence-electron chi connectivity index (χ2n) is 15.5. The van der Waals surface area contributed by atoms with Crippen LogP contribution < -0.4 is 44.6 Å². The number of amides is 4. The van der Waals surface area contributed by atoms with Crippen molar-refractivity contribution in [1.29, 1.82) is 0 Å². The van der Waals surface area contributed by atoms with E-state index in [1.54, 1.807) is 43.3 Å². The average Bonchev–Trinajstić information content (AvgIpc) is 3.72. The Morgan fingerprint density at radius 3 is 2.00 bits per heavy atom. The van der Waals surface area contributed by atoms with Gasteiger partial charge < -0.3 is 59.7 Å². The Labute approximate surface area is 356 Å². The number of carboxylic acid groups (broad SMARTS) is 1. The minimum absolute atomic E-state index is 0.00772. The molecule has 2 aromatic rings. The number of Topliss-reactive ketones (excluding diaryl/α,β-unsaturated/α-hetero) is 1. The molecule has 61 heavy (non-hydrogen) atoms. The number of hydrogen-bond acceptors (Lipinski definition) is 10. The molecule has 1 fully saturated rings. The second-order valence-corrected chi connectivity index (χ2v) is 15.5. The molecule has 0 aliphatic carbocycles. The van der Waals surface area contributed by atoms with Crippen LogP contribution in [0.2, 0.25) is 0 Å². The molecule has 0 saturated carbocycles. The highest BCUT2D eigenvalue weighted by Gasteiger charge is 2.40. The Balaban J connectivity index is 1.84. The van der Waals surface area contributed by atoms with E-state index in [9.17, 15) is 39.0 Å². The summed E-state index contributed by atoms with van der Waals surface area (Å²) in [5, 5.41) is 28.3. The first-order valence-corrected chi connectivity index (χ1v) is 20.7. The van der Waals surface area contributed by atoms with Gasteiger partial charge in [0, 0.05) is 32.5 Å². The summed E-state index contributed by atoms with van der Waals surface area (Å²) >= 11 is 0. The summed E-state index contributed by atoms with van der Waals surface area (Å²) < 4.78 is 0. The van der Waals surface area contributed by atoms with Crippen molar-refractivity contribution in [2.75, 3.05) is 19.6 Å². The van der Waals surface area contributed by atoms with Gasteiger partial charge in [-0.15, -0.1) is 0 Å². The first-order valence-electron chi connectivity index (χ1n) is 20.7. The van der Waals surface area contributed by atoms with Crippen LogP contribution in [0.5, 0.6) is 5.75 Å². The van der Waals surface area contributed by atoms with Gasteiger partial charge >= 0.3 is 5.97 Å². The lowest BCUT2D eigenvalue weighted by Gasteiger charge is -2.31. The van der Waals surface area contributed by atoms with Gasteiger partial charge in [-0.1, -0.05) is 62.7 Å². The molecule has 19 heteroatoms. The van der Waals surface area contributed by atoms with E-state index in [4.69, 9.17) is 28.7 Å². The van der Waals surface area contributed by atoms with Crippen LogP contribution >= 0.6 is 0 Å². The maximum atomic E-state index is 14.2. The third-order valence-electron chi connectivity index (χ3n) is 10.7. The van der Waals surface area contributed by atoms with Crippen LogP contribution in [0.1, 0.15) is 76.3 Å². The SMILES string of the molecule is CC[C@H](C)[C@H](NC(=O)[C@H](Cc1ccc(O)cc1)NC(=O)[C@@H]1CCCN1C(=O)[C@H](CCCN=C(N)N)NC(=O)[C@@H](N)CCCN=C(N)N)C(=O)C[C@H](Cc1ccccc1)C(=O)O. The number of carbonyl (C=O) groups is 6. The Morgan fingerprint density at radius 2 is 1.41 bits per heavy atom. The molecule has 19 nitrogen and oxygen atoms in total. The molecule has 0 aromatic heterocycles. The Morgan fingerprint density at radius 1 is 0.803 bits per heavy atom. The molecule has 1 aliphatic rings. The van der Waals surface area contributed by atoms with E-state index < -0.39 is 71.5 Å². The van der Waals surface area contributed by atoms with Crippen molar-refractivity contribution in [2.24, 2.45) is 50.5 Å². The van der Waals surface area contributed by atoms with Crippen LogP contribution in [0.25, 0.3) is 0 Å². The number of aliphatic imine (C=N–C) groups is 2. The molecule has 0 spiro atoms. The van der Waals surface area contributed by atoms with E-state index in [0.29, 0.717) is 31.2 Å². The number of benzene rings is 2. The van der Waals surface area contributed by atoms with Gasteiger partial charge in [-0.25, -0.2) is 0 Å². The number of carboxylic acids is 1. The third-order valence-corrected chi connectivity index (χ3v) is 10.7. The van der Waals surface area contributed by atoms with Crippen LogP contribution in [0, 0.1) is 11.8 Å². The third kappa shape index (κ3) is 16.4. The van der Waals surface area contributed by atoms with Crippen LogP contribution in [-0.2, 0) is 41.6 Å². The molecular formula is C42H63N11O8. The maximum Gasteiger partial charge on any atom is 0.307 e. The second kappa shape index (κ2) is 24.7. The van der Waals surface area contributed by atoms with Crippen molar-refractivity contribution in [2.45, 2.75) is 108 Å². The molecule has 334 valence electrons. The zero-order chi connectivity index (χ0) is 45.1. The first-order chi connectivity index (χ1) is 29.0. The number of aromatic hydroxyl groups is 1. The molecule has 4 amide bonds. The number of nitrogens with zero attached hydrogens (tertiary/aromatic N) is 3. The van der Waals surface area contributed by atoms with Gasteiger partial charge in [0.15, 0.2) is 17.7 Å². The predicted octanol–water partition coefficient (Wildman–Crippen LogP) is -0.237. The minimum atomic E-state index is -1.25. The fourth-order valence-electron chi connectivity index (χ4n) is 7.08. The smallest absolute Gasteiger partial charge is 0.307 e. The fraction of sp³-hybridized carbons (Fsp3) is 0.524. The van der Waals surface area contributed by atoms with Gasteiger partial charge in [0.05, 0.1) is 18.0 Å². The number of ketones is 1. The number of likely N-dealkylation sites (tertiary alicyclic amines) is 1. The summed E-state index contributed by atoms with van der Waals surface area (Å²) in [6.45, 7) is 4.24. The Kier molecular flexibility index (Phi) is 19.9. The highest BCUT2D eigenvalue weighted by molar-refractivity contribution is 5.97. The number of nitrogens with two attached hydrogens (primary N) is 5. The van der Waals surface area contributed by atoms with Crippen molar-refractivity contribution in [1.82, 2.24) is 20.9 Å². The molecule has 7 atom stereocenters. The number of nitrogens with one attached hydrogen (secondary N) is 3. The van der Waals surface area contributed by atoms with E-state index in [2.05, 4.69) is 25.9 Å². The first kappa shape index (κ1) is 49.1. The number of hydrogen-bond donors (Lipinski definition) is 10. The van der Waals surface area contributed by atoms with Gasteiger partial charge in [-0.05, 0) is 74.1 Å². The summed E-state index contributed by atoms with van der Waals surface area (Å²) in [7, 11) is 0. The van der Waals surface area contributed by atoms with E-state index in [0.717, 1.165) is 5.56 Å². The lowest BCUT2D eigenvalue weighted by atomic mass is 9.87. The lowest BCUT2D eigenvalue weighted by Crippen LogP contribution is -2.59. The number of guanidine groups is 2. The standard InChI is InChI=1S/C42H63N11O8/c1-3-25(2)35(34(55)24-28(40(60)61)22-26-10-5-4-6-11-26)52-37(57)32(23-27-15-17-29(54)18-16-27)51-38(58)33-14-9-21-53(33)39(59)31(13-8-20-49-42(46)47)50-36(56)30(43)12-7-19-48-41(44)45/h4-6,10-11,15-18,25,28,30-33,35,54H,3,7-9,12-14,19-24,43H2,1-2H3,(H,50,56)(H,51,58)(H,52,57)(H,60,61)(H4,44,45,48)(H4,46,47,49)/t25-,28-,30-,31-,32-,33-,35-/m0/s1. The van der Waals surface area contributed by atoms with Crippen molar-refractivity contribution in [3.8, 4) is 5.75 Å². The van der Waals surface area contributed by atoms with Crippen molar-refractivity contribution in [3.05, 3.63) is 65.7 Å². The molecular weight excluding hydrogens is 787 g/mol. The van der Waals surface area contributed by atoms with Crippen LogP contribution in [-0.4, -0.2) is 112 Å². The molecule has 0 bridgehead atoms. The lowest BCUT2D eigenvalue weighted by molar-refractivity contribution is -0.144. The van der Waals surface area contributed by atoms with Crippen LogP contribution in [0.3, 0.4) is 0 Å². The normalized spacial score (nSPS) is 16.4. The molecule has 1 aliphatic heterocycles. The monoisotopic (exact) mass is 849 g/mol. The number of aliphatic carboxylic acids is 1. The van der Waals surface area contributed by atoms with Gasteiger partial charge in [0.1, 0.15) is 23.9 Å². The Bertz CT molecular complexity index is 1840. The maximum absolute atomic E-state index is 14.2. The summed E-state index contributed by atoms with van der Waals surface area (Å²) in [4.78, 5) is 91.1. The van der Waals surface area contributed by atoms with Gasteiger partial charge in [0.2, 0.25) is 23.6 Å². The zero-order valence-electron chi connectivity index (χ0n) is 35.0. The molecule has 1 heterocycles. The summed E-state index contributed by atoms with van der Waals surface area (Å²) in [5.74, 6) is -5.71. The van der Waals surface area contributed by atoms with Gasteiger partial charge in [-0.3, -0.25) is 38.8 Å².